The fraction of sp³-hybridized carbons (Fsp3) is 0.0417. The van der Waals surface area contributed by atoms with Gasteiger partial charge < -0.3 is 10.5 Å². The van der Waals surface area contributed by atoms with Crippen LogP contribution in [0.25, 0.3) is 0 Å². The van der Waals surface area contributed by atoms with Crippen LogP contribution in [-0.2, 0) is 4.74 Å². The molecule has 1 heterocycles. The number of carbonyl (C=O) groups is 5. The molecule has 0 fully saturated rings. The Morgan fingerprint density at radius 2 is 1.25 bits per heavy atom. The van der Waals surface area contributed by atoms with E-state index in [0.717, 1.165) is 4.90 Å². The summed E-state index contributed by atoms with van der Waals surface area (Å²) in [4.78, 5) is 64.0. The van der Waals surface area contributed by atoms with Gasteiger partial charge >= 0.3 is 5.97 Å². The van der Waals surface area contributed by atoms with Crippen molar-refractivity contribution >= 4 is 35.0 Å². The lowest BCUT2D eigenvalue weighted by Crippen LogP contribution is -2.33. The van der Waals surface area contributed by atoms with Crippen molar-refractivity contribution in [2.45, 2.75) is 0 Å². The van der Waals surface area contributed by atoms with Crippen LogP contribution in [0.4, 0.5) is 5.69 Å². The van der Waals surface area contributed by atoms with E-state index in [9.17, 15) is 24.0 Å². The first kappa shape index (κ1) is 19.4. The lowest BCUT2D eigenvalue weighted by atomic mass is 9.82. The van der Waals surface area contributed by atoms with Gasteiger partial charge in [-0.3, -0.25) is 19.2 Å². The average Bonchev–Trinajstić information content (AvgIpc) is 3.05. The van der Waals surface area contributed by atoms with Gasteiger partial charge in [-0.1, -0.05) is 36.4 Å². The molecule has 0 atom stereocenters. The van der Waals surface area contributed by atoms with E-state index in [1.807, 2.05) is 0 Å². The van der Waals surface area contributed by atoms with Crippen LogP contribution >= 0.6 is 0 Å². The number of imide groups is 1. The summed E-state index contributed by atoms with van der Waals surface area (Å²) >= 11 is 0. The van der Waals surface area contributed by atoms with E-state index in [0.29, 0.717) is 0 Å². The normalized spacial score (nSPS) is 14.2. The number of nitrogen functional groups attached to an aromatic ring is 1. The largest absolute Gasteiger partial charge is 0.440 e. The predicted molar refractivity (Wildman–Crippen MR) is 111 cm³/mol. The maximum absolute atomic E-state index is 12.9. The number of nitrogens with zero attached hydrogens (tertiary/aromatic N) is 1. The summed E-state index contributed by atoms with van der Waals surface area (Å²) in [6.45, 7) is -0.614. The van der Waals surface area contributed by atoms with Crippen LogP contribution in [0, 0.1) is 0 Å². The number of nitrogens with two attached hydrogens (primary N) is 1. The molecule has 0 saturated heterocycles. The molecule has 156 valence electrons. The Balaban J connectivity index is 1.42. The number of benzene rings is 3. The highest BCUT2D eigenvalue weighted by atomic mass is 16.5. The SMILES string of the molecule is Nc1c(C(=O)OCN2C(=O)c3ccccc3C2=O)ccc2c1C(=O)c1ccccc1C2=O. The van der Waals surface area contributed by atoms with E-state index in [-0.39, 0.29) is 50.4 Å². The summed E-state index contributed by atoms with van der Waals surface area (Å²) in [5.41, 5.74) is 6.73. The first-order chi connectivity index (χ1) is 15.4. The summed E-state index contributed by atoms with van der Waals surface area (Å²) < 4.78 is 5.16. The van der Waals surface area contributed by atoms with Gasteiger partial charge in [0, 0.05) is 16.7 Å². The Labute approximate surface area is 181 Å². The van der Waals surface area contributed by atoms with Crippen LogP contribution in [0.1, 0.15) is 62.9 Å². The Bertz CT molecular complexity index is 1360. The number of anilines is 1. The Kier molecular flexibility index (Phi) is 4.23. The summed E-state index contributed by atoms with van der Waals surface area (Å²) in [5, 5.41) is 0. The fourth-order valence-electron chi connectivity index (χ4n) is 3.95. The van der Waals surface area contributed by atoms with Gasteiger partial charge in [-0.15, -0.1) is 0 Å². The zero-order valence-electron chi connectivity index (χ0n) is 16.5. The molecule has 0 unspecified atom stereocenters. The Hall–Kier alpha value is -4.59. The van der Waals surface area contributed by atoms with Gasteiger partial charge in [0.05, 0.1) is 27.9 Å². The third kappa shape index (κ3) is 2.66. The minimum atomic E-state index is -0.930. The van der Waals surface area contributed by atoms with E-state index in [4.69, 9.17) is 10.5 Å². The van der Waals surface area contributed by atoms with Gasteiger partial charge in [-0.25, -0.2) is 9.69 Å². The second-order valence-corrected chi connectivity index (χ2v) is 7.30. The van der Waals surface area contributed by atoms with E-state index in [2.05, 4.69) is 0 Å². The van der Waals surface area contributed by atoms with Crippen molar-refractivity contribution in [3.8, 4) is 0 Å². The van der Waals surface area contributed by atoms with Gasteiger partial charge in [-0.05, 0) is 24.3 Å². The van der Waals surface area contributed by atoms with Crippen molar-refractivity contribution in [1.82, 2.24) is 4.90 Å². The molecule has 0 spiro atoms. The van der Waals surface area contributed by atoms with Crippen molar-refractivity contribution in [1.29, 1.82) is 0 Å². The molecule has 2 aliphatic rings. The maximum atomic E-state index is 12.9. The van der Waals surface area contributed by atoms with E-state index in [1.165, 1.54) is 30.3 Å². The first-order valence-electron chi connectivity index (χ1n) is 9.63. The van der Waals surface area contributed by atoms with Crippen LogP contribution in [-0.4, -0.2) is 41.0 Å². The number of hydrogen-bond acceptors (Lipinski definition) is 7. The van der Waals surface area contributed by atoms with Crippen LogP contribution in [0.5, 0.6) is 0 Å². The summed E-state index contributed by atoms with van der Waals surface area (Å²) in [6.07, 6.45) is 0. The number of rotatable bonds is 3. The first-order valence-corrected chi connectivity index (χ1v) is 9.63. The van der Waals surface area contributed by atoms with E-state index in [1.54, 1.807) is 30.3 Å². The Morgan fingerprint density at radius 1 is 0.719 bits per heavy atom. The second kappa shape index (κ2) is 6.98. The van der Waals surface area contributed by atoms with Gasteiger partial charge in [0.1, 0.15) is 0 Å². The molecular weight excluding hydrogens is 412 g/mol. The molecule has 5 rings (SSSR count). The summed E-state index contributed by atoms with van der Waals surface area (Å²) in [7, 11) is 0. The standard InChI is InChI=1S/C24H14N2O6/c25-19-17(10-9-16-18(19)21(28)13-6-2-1-5-12(13)20(16)27)24(31)32-11-26-22(29)14-7-3-4-8-15(14)23(26)30/h1-10H,11,25H2. The van der Waals surface area contributed by atoms with Crippen LogP contribution in [0.15, 0.2) is 60.7 Å². The molecule has 3 aromatic carbocycles. The molecule has 0 saturated carbocycles. The average molecular weight is 426 g/mol. The van der Waals surface area contributed by atoms with Crippen molar-refractivity contribution in [3.63, 3.8) is 0 Å². The maximum Gasteiger partial charge on any atom is 0.341 e. The number of ether oxygens (including phenoxy) is 1. The summed E-state index contributed by atoms with van der Waals surface area (Å²) in [5.74, 6) is -2.92. The minimum Gasteiger partial charge on any atom is -0.440 e. The third-order valence-electron chi connectivity index (χ3n) is 5.56. The molecule has 2 amide bonds. The fourth-order valence-corrected chi connectivity index (χ4v) is 3.95. The molecule has 0 aromatic heterocycles. The molecule has 1 aliphatic carbocycles. The highest BCUT2D eigenvalue weighted by Gasteiger charge is 2.37. The van der Waals surface area contributed by atoms with Crippen molar-refractivity contribution < 1.29 is 28.7 Å². The van der Waals surface area contributed by atoms with Crippen molar-refractivity contribution in [2.24, 2.45) is 0 Å². The minimum absolute atomic E-state index is 0.0659. The number of amides is 2. The predicted octanol–water partition coefficient (Wildman–Crippen LogP) is 2.45. The molecular formula is C24H14N2O6. The van der Waals surface area contributed by atoms with Crippen LogP contribution in [0.2, 0.25) is 0 Å². The number of esters is 1. The second-order valence-electron chi connectivity index (χ2n) is 7.30. The van der Waals surface area contributed by atoms with E-state index >= 15 is 0 Å². The summed E-state index contributed by atoms with van der Waals surface area (Å²) in [6, 6.07) is 15.3. The highest BCUT2D eigenvalue weighted by molar-refractivity contribution is 6.30. The lowest BCUT2D eigenvalue weighted by molar-refractivity contribution is 0.0228. The quantitative estimate of drug-likeness (QED) is 0.303. The van der Waals surface area contributed by atoms with Crippen molar-refractivity contribution in [2.75, 3.05) is 12.5 Å². The van der Waals surface area contributed by atoms with Crippen LogP contribution < -0.4 is 5.73 Å². The van der Waals surface area contributed by atoms with Gasteiger partial charge in [0.2, 0.25) is 0 Å². The third-order valence-corrected chi connectivity index (χ3v) is 5.56. The molecule has 32 heavy (non-hydrogen) atoms. The monoisotopic (exact) mass is 426 g/mol. The zero-order valence-corrected chi connectivity index (χ0v) is 16.5. The molecule has 8 nitrogen and oxygen atoms in total. The molecule has 1 aliphatic heterocycles. The number of hydrogen-bond donors (Lipinski definition) is 1. The van der Waals surface area contributed by atoms with Gasteiger partial charge in [-0.2, -0.15) is 0 Å². The lowest BCUT2D eigenvalue weighted by Gasteiger charge is -2.20. The molecule has 3 aromatic rings. The molecule has 2 N–H and O–H groups in total. The van der Waals surface area contributed by atoms with Crippen LogP contribution in [0.3, 0.4) is 0 Å². The van der Waals surface area contributed by atoms with Gasteiger partial charge in [0.15, 0.2) is 18.3 Å². The molecule has 0 radical (unpaired) electrons. The smallest absolute Gasteiger partial charge is 0.341 e. The topological polar surface area (TPSA) is 124 Å². The molecule has 0 bridgehead atoms. The zero-order chi connectivity index (χ0) is 22.6. The number of fused-ring (bicyclic) bond motifs is 3. The molecule has 8 heteroatoms. The van der Waals surface area contributed by atoms with Gasteiger partial charge in [0.25, 0.3) is 11.8 Å². The Morgan fingerprint density at radius 3 is 1.84 bits per heavy atom. The van der Waals surface area contributed by atoms with Crippen molar-refractivity contribution in [3.05, 3.63) is 99.6 Å². The van der Waals surface area contributed by atoms with E-state index < -0.39 is 30.3 Å². The number of carbonyl (C=O) groups excluding carboxylic acids is 5. The number of ketones is 2. The highest BCUT2D eigenvalue weighted by Crippen LogP contribution is 2.33.